The van der Waals surface area contributed by atoms with E-state index in [0.717, 1.165) is 16.7 Å². The number of hydrogen-bond donors (Lipinski definition) is 1. The molecule has 82 valence electrons. The van der Waals surface area contributed by atoms with Crippen LogP contribution in [0.3, 0.4) is 0 Å². The summed E-state index contributed by atoms with van der Waals surface area (Å²) < 4.78 is 5.19. The van der Waals surface area contributed by atoms with Crippen LogP contribution in [0.4, 0.5) is 0 Å². The van der Waals surface area contributed by atoms with Crippen LogP contribution in [-0.2, 0) is 6.61 Å². The molecule has 0 saturated carbocycles. The molecule has 0 spiro atoms. The molecule has 1 N–H and O–H groups in total. The lowest BCUT2D eigenvalue weighted by atomic mass is 10.0. The predicted molar refractivity (Wildman–Crippen MR) is 59.9 cm³/mol. The van der Waals surface area contributed by atoms with Gasteiger partial charge in [0.2, 0.25) is 5.88 Å². The summed E-state index contributed by atoms with van der Waals surface area (Å²) in [5.41, 5.74) is 2.46. The Labute approximate surface area is 93.6 Å². The van der Waals surface area contributed by atoms with Gasteiger partial charge < -0.3 is 9.84 Å². The van der Waals surface area contributed by atoms with Gasteiger partial charge in [0.25, 0.3) is 0 Å². The number of hydrogen-bond acceptors (Lipinski definition) is 4. The van der Waals surface area contributed by atoms with Crippen LogP contribution in [0.1, 0.15) is 5.56 Å². The maximum Gasteiger partial charge on any atom is 0.221 e. The highest BCUT2D eigenvalue weighted by atomic mass is 16.5. The van der Waals surface area contributed by atoms with Crippen LogP contribution in [0, 0.1) is 0 Å². The molecule has 0 aliphatic heterocycles. The van der Waals surface area contributed by atoms with E-state index >= 15 is 0 Å². The molecule has 0 unspecified atom stereocenters. The maximum atomic E-state index is 9.30. The summed E-state index contributed by atoms with van der Waals surface area (Å²) in [6, 6.07) is 5.51. The van der Waals surface area contributed by atoms with Crippen LogP contribution < -0.4 is 4.74 Å². The Bertz CT molecular complexity index is 449. The van der Waals surface area contributed by atoms with Crippen molar-refractivity contribution in [3.63, 3.8) is 0 Å². The zero-order chi connectivity index (χ0) is 11.4. The van der Waals surface area contributed by atoms with Crippen molar-refractivity contribution in [3.8, 4) is 17.0 Å². The Morgan fingerprint density at radius 3 is 2.81 bits per heavy atom. The molecule has 0 aliphatic carbocycles. The molecule has 2 aromatic heterocycles. The Kier molecular flexibility index (Phi) is 3.12. The lowest BCUT2D eigenvalue weighted by Gasteiger charge is -2.10. The molecular formula is C12H12N2O2. The second-order valence-electron chi connectivity index (χ2n) is 3.25. The minimum atomic E-state index is -0.0525. The fourth-order valence-electron chi connectivity index (χ4n) is 1.59. The number of aliphatic hydroxyl groups excluding tert-OH is 1. The van der Waals surface area contributed by atoms with E-state index in [2.05, 4.69) is 9.97 Å². The van der Waals surface area contributed by atoms with Gasteiger partial charge in [0.05, 0.1) is 19.3 Å². The van der Waals surface area contributed by atoms with E-state index in [0.29, 0.717) is 5.88 Å². The quantitative estimate of drug-likeness (QED) is 0.847. The molecule has 0 atom stereocenters. The molecule has 0 fully saturated rings. The van der Waals surface area contributed by atoms with Crippen molar-refractivity contribution < 1.29 is 9.84 Å². The molecule has 0 aliphatic rings. The van der Waals surface area contributed by atoms with Gasteiger partial charge in [-0.15, -0.1) is 0 Å². The van der Waals surface area contributed by atoms with Crippen LogP contribution in [0.2, 0.25) is 0 Å². The lowest BCUT2D eigenvalue weighted by molar-refractivity contribution is 0.281. The molecule has 4 heteroatoms. The fraction of sp³-hybridized carbons (Fsp3) is 0.167. The zero-order valence-electron chi connectivity index (χ0n) is 8.92. The molecule has 0 radical (unpaired) electrons. The third-order valence-electron chi connectivity index (χ3n) is 2.32. The molecule has 4 nitrogen and oxygen atoms in total. The number of pyridine rings is 2. The molecule has 0 aromatic carbocycles. The topological polar surface area (TPSA) is 55.2 Å². The fourth-order valence-corrected chi connectivity index (χ4v) is 1.59. The molecule has 2 rings (SSSR count). The van der Waals surface area contributed by atoms with Crippen molar-refractivity contribution in [3.05, 3.63) is 42.4 Å². The highest BCUT2D eigenvalue weighted by molar-refractivity contribution is 5.71. The van der Waals surface area contributed by atoms with E-state index < -0.39 is 0 Å². The molecule has 2 aromatic rings. The van der Waals surface area contributed by atoms with Crippen molar-refractivity contribution in [2.24, 2.45) is 0 Å². The van der Waals surface area contributed by atoms with Crippen LogP contribution in [0.5, 0.6) is 5.88 Å². The van der Waals surface area contributed by atoms with E-state index in [1.54, 1.807) is 31.8 Å². The Morgan fingerprint density at radius 2 is 2.19 bits per heavy atom. The average Bonchev–Trinajstić information content (AvgIpc) is 2.38. The van der Waals surface area contributed by atoms with Gasteiger partial charge in [-0.1, -0.05) is 6.07 Å². The summed E-state index contributed by atoms with van der Waals surface area (Å²) in [6.07, 6.45) is 5.04. The summed E-state index contributed by atoms with van der Waals surface area (Å²) in [7, 11) is 1.56. The average molecular weight is 216 g/mol. The summed E-state index contributed by atoms with van der Waals surface area (Å²) in [5.74, 6) is 0.500. The summed E-state index contributed by atoms with van der Waals surface area (Å²) in [4.78, 5) is 8.17. The van der Waals surface area contributed by atoms with Gasteiger partial charge in [0, 0.05) is 24.2 Å². The number of nitrogens with zero attached hydrogens (tertiary/aromatic N) is 2. The van der Waals surface area contributed by atoms with Crippen molar-refractivity contribution in [2.45, 2.75) is 6.61 Å². The van der Waals surface area contributed by atoms with Crippen LogP contribution in [0.15, 0.2) is 36.8 Å². The summed E-state index contributed by atoms with van der Waals surface area (Å²) in [6.45, 7) is -0.0525. The first-order valence-corrected chi connectivity index (χ1v) is 4.90. The number of ether oxygens (including phenoxy) is 1. The lowest BCUT2D eigenvalue weighted by Crippen LogP contribution is -1.97. The zero-order valence-corrected chi connectivity index (χ0v) is 8.92. The van der Waals surface area contributed by atoms with Crippen molar-refractivity contribution in [1.29, 1.82) is 0 Å². The molecular weight excluding hydrogens is 204 g/mol. The van der Waals surface area contributed by atoms with Crippen LogP contribution in [0.25, 0.3) is 11.1 Å². The minimum Gasteiger partial charge on any atom is -0.481 e. The molecule has 2 heterocycles. The summed E-state index contributed by atoms with van der Waals surface area (Å²) >= 11 is 0. The van der Waals surface area contributed by atoms with E-state index in [4.69, 9.17) is 4.74 Å². The second-order valence-corrected chi connectivity index (χ2v) is 3.25. The first-order chi connectivity index (χ1) is 7.86. The smallest absolute Gasteiger partial charge is 0.221 e. The van der Waals surface area contributed by atoms with Gasteiger partial charge in [-0.2, -0.15) is 0 Å². The third kappa shape index (κ3) is 1.87. The summed E-state index contributed by atoms with van der Waals surface area (Å²) in [5, 5.41) is 9.30. The standard InChI is InChI=1S/C12H12N2O2/c1-16-12-11(9-3-2-5-13-7-9)10(8-15)4-6-14-12/h2-7,15H,8H2,1H3. The van der Waals surface area contributed by atoms with Crippen molar-refractivity contribution >= 4 is 0 Å². The Morgan fingerprint density at radius 1 is 1.31 bits per heavy atom. The van der Waals surface area contributed by atoms with E-state index in [9.17, 15) is 5.11 Å². The monoisotopic (exact) mass is 216 g/mol. The van der Waals surface area contributed by atoms with Gasteiger partial charge in [-0.25, -0.2) is 4.98 Å². The van der Waals surface area contributed by atoms with E-state index in [1.165, 1.54) is 0 Å². The molecule has 0 saturated heterocycles. The Balaban J connectivity index is 2.62. The van der Waals surface area contributed by atoms with E-state index in [1.807, 2.05) is 12.1 Å². The number of rotatable bonds is 3. The molecule has 0 amide bonds. The highest BCUT2D eigenvalue weighted by Gasteiger charge is 2.11. The Hall–Kier alpha value is -1.94. The SMILES string of the molecule is COc1nccc(CO)c1-c1cccnc1. The maximum absolute atomic E-state index is 9.30. The molecule has 16 heavy (non-hydrogen) atoms. The number of methoxy groups -OCH3 is 1. The number of aliphatic hydroxyl groups is 1. The second kappa shape index (κ2) is 4.72. The van der Waals surface area contributed by atoms with Gasteiger partial charge in [-0.3, -0.25) is 4.98 Å². The molecule has 0 bridgehead atoms. The van der Waals surface area contributed by atoms with Gasteiger partial charge in [0.15, 0.2) is 0 Å². The van der Waals surface area contributed by atoms with E-state index in [-0.39, 0.29) is 6.61 Å². The third-order valence-corrected chi connectivity index (χ3v) is 2.32. The number of aromatic nitrogens is 2. The van der Waals surface area contributed by atoms with Crippen LogP contribution >= 0.6 is 0 Å². The predicted octanol–water partition coefficient (Wildman–Crippen LogP) is 1.64. The first-order valence-electron chi connectivity index (χ1n) is 4.90. The van der Waals surface area contributed by atoms with Crippen LogP contribution in [-0.4, -0.2) is 22.2 Å². The van der Waals surface area contributed by atoms with Crippen molar-refractivity contribution in [1.82, 2.24) is 9.97 Å². The largest absolute Gasteiger partial charge is 0.481 e. The minimum absolute atomic E-state index is 0.0525. The highest BCUT2D eigenvalue weighted by Crippen LogP contribution is 2.30. The first kappa shape index (κ1) is 10.6. The van der Waals surface area contributed by atoms with Gasteiger partial charge in [-0.05, 0) is 17.7 Å². The van der Waals surface area contributed by atoms with Gasteiger partial charge >= 0.3 is 0 Å². The van der Waals surface area contributed by atoms with Gasteiger partial charge in [0.1, 0.15) is 0 Å². The van der Waals surface area contributed by atoms with Crippen molar-refractivity contribution in [2.75, 3.05) is 7.11 Å². The normalized spacial score (nSPS) is 10.1.